The fraction of sp³-hybridized carbons (Fsp3) is 0.100. The first kappa shape index (κ1) is 23.1. The van der Waals surface area contributed by atoms with E-state index in [2.05, 4.69) is 16.0 Å². The van der Waals surface area contributed by atoms with Crippen molar-refractivity contribution in [2.75, 3.05) is 5.32 Å². The number of thiocarbonyl (C=S) groups is 1. The van der Waals surface area contributed by atoms with E-state index >= 15 is 0 Å². The highest BCUT2D eigenvalue weighted by Crippen LogP contribution is 2.31. The molecule has 3 rings (SSSR count). The minimum Gasteiger partial charge on any atom is -0.506 e. The van der Waals surface area contributed by atoms with Gasteiger partial charge >= 0.3 is 0 Å². The maximum atomic E-state index is 12.6. The summed E-state index contributed by atoms with van der Waals surface area (Å²) in [6.45, 7) is 0. The summed E-state index contributed by atoms with van der Waals surface area (Å²) in [5.41, 5.74) is 0.809. The highest BCUT2D eigenvalue weighted by atomic mass is 127. The van der Waals surface area contributed by atoms with Gasteiger partial charge in [0.15, 0.2) is 5.11 Å². The van der Waals surface area contributed by atoms with Crippen LogP contribution >= 0.6 is 69.6 Å². The molecule has 3 aromatic carbocycles. The number of alkyl halides is 3. The lowest BCUT2D eigenvalue weighted by molar-refractivity contribution is 0.0933. The van der Waals surface area contributed by atoms with Gasteiger partial charge in [0.05, 0.1) is 11.3 Å². The topological polar surface area (TPSA) is 73.4 Å². The van der Waals surface area contributed by atoms with Crippen molar-refractivity contribution in [3.8, 4) is 5.75 Å². The highest BCUT2D eigenvalue weighted by Gasteiger charge is 2.35. The lowest BCUT2D eigenvalue weighted by Crippen LogP contribution is -2.56. The smallest absolute Gasteiger partial charge is 0.254 e. The molecule has 0 fully saturated rings. The number of carbonyl (C=O) groups is 1. The van der Waals surface area contributed by atoms with Crippen LogP contribution in [0.25, 0.3) is 10.8 Å². The van der Waals surface area contributed by atoms with E-state index in [0.29, 0.717) is 11.3 Å². The molecule has 1 unspecified atom stereocenters. The molecule has 0 saturated heterocycles. The van der Waals surface area contributed by atoms with Crippen LogP contribution < -0.4 is 16.0 Å². The van der Waals surface area contributed by atoms with Gasteiger partial charge in [-0.05, 0) is 69.8 Å². The van der Waals surface area contributed by atoms with Gasteiger partial charge in [-0.2, -0.15) is 0 Å². The number of amides is 1. The number of hydrogen-bond donors (Lipinski definition) is 4. The van der Waals surface area contributed by atoms with Crippen LogP contribution in [0.3, 0.4) is 0 Å². The summed E-state index contributed by atoms with van der Waals surface area (Å²) >= 11 is 25.5. The van der Waals surface area contributed by atoms with Crippen molar-refractivity contribution in [2.45, 2.75) is 9.96 Å². The number of carbonyl (C=O) groups excluding carboxylic acids is 1. The van der Waals surface area contributed by atoms with Crippen LogP contribution in [0.2, 0.25) is 0 Å². The summed E-state index contributed by atoms with van der Waals surface area (Å²) in [6, 6.07) is 17.9. The zero-order valence-electron chi connectivity index (χ0n) is 15.1. The van der Waals surface area contributed by atoms with Gasteiger partial charge in [0.2, 0.25) is 3.79 Å². The van der Waals surface area contributed by atoms with E-state index in [-0.39, 0.29) is 10.9 Å². The molecule has 0 saturated carbocycles. The van der Waals surface area contributed by atoms with Crippen molar-refractivity contribution >= 4 is 97.1 Å². The zero-order valence-corrected chi connectivity index (χ0v) is 20.4. The van der Waals surface area contributed by atoms with Crippen molar-refractivity contribution in [2.24, 2.45) is 0 Å². The van der Waals surface area contributed by atoms with Crippen molar-refractivity contribution in [1.29, 1.82) is 0 Å². The Kier molecular flexibility index (Phi) is 7.52. The van der Waals surface area contributed by atoms with Crippen LogP contribution in [0, 0.1) is 3.57 Å². The Bertz CT molecular complexity index is 1110. The van der Waals surface area contributed by atoms with Gasteiger partial charge < -0.3 is 21.1 Å². The number of benzene rings is 3. The van der Waals surface area contributed by atoms with E-state index in [4.69, 9.17) is 47.0 Å². The number of phenols is 1. The minimum atomic E-state index is -1.90. The summed E-state index contributed by atoms with van der Waals surface area (Å²) in [7, 11) is 0. The third-order valence-corrected chi connectivity index (χ3v) is 5.92. The van der Waals surface area contributed by atoms with Crippen LogP contribution in [0.5, 0.6) is 5.75 Å². The van der Waals surface area contributed by atoms with E-state index in [0.717, 1.165) is 14.3 Å². The van der Waals surface area contributed by atoms with Gasteiger partial charge in [0, 0.05) is 3.57 Å². The maximum Gasteiger partial charge on any atom is 0.254 e. The largest absolute Gasteiger partial charge is 0.506 e. The predicted molar refractivity (Wildman–Crippen MR) is 136 cm³/mol. The molecule has 30 heavy (non-hydrogen) atoms. The standard InChI is InChI=1S/C20H15Cl3IN3O2S/c21-20(22,23)18(26-17(29)13-7-3-4-8-14(13)24)27-19(30)25-15-9-11-5-1-2-6-12(11)10-16(15)28/h1-10,18,28H,(H,26,29)(H2,25,27,30). The quantitative estimate of drug-likeness (QED) is 0.105. The summed E-state index contributed by atoms with van der Waals surface area (Å²) in [5.74, 6) is -0.425. The number of phenolic OH excluding ortho intramolecular Hbond substituents is 1. The first-order valence-corrected chi connectivity index (χ1v) is 11.2. The van der Waals surface area contributed by atoms with Gasteiger partial charge in [-0.25, -0.2) is 0 Å². The Labute approximate surface area is 207 Å². The lowest BCUT2D eigenvalue weighted by atomic mass is 10.1. The number of halogens is 4. The Morgan fingerprint density at radius 2 is 1.60 bits per heavy atom. The molecule has 0 aromatic heterocycles. The fourth-order valence-electron chi connectivity index (χ4n) is 2.67. The van der Waals surface area contributed by atoms with Crippen LogP contribution in [-0.4, -0.2) is 26.1 Å². The van der Waals surface area contributed by atoms with E-state index < -0.39 is 15.9 Å². The summed E-state index contributed by atoms with van der Waals surface area (Å²) < 4.78 is -1.15. The summed E-state index contributed by atoms with van der Waals surface area (Å²) in [4.78, 5) is 12.6. The number of fused-ring (bicyclic) bond motifs is 1. The SMILES string of the molecule is O=C(NC(NC(=S)Nc1cc2ccccc2cc1O)C(Cl)(Cl)Cl)c1ccccc1I. The zero-order chi connectivity index (χ0) is 21.9. The van der Waals surface area contributed by atoms with Gasteiger partial charge in [-0.15, -0.1) is 0 Å². The van der Waals surface area contributed by atoms with Crippen LogP contribution in [-0.2, 0) is 0 Å². The summed E-state index contributed by atoms with van der Waals surface area (Å²) in [5, 5.41) is 20.4. The molecule has 0 aliphatic heterocycles. The van der Waals surface area contributed by atoms with Gasteiger partial charge in [-0.1, -0.05) is 71.2 Å². The number of nitrogens with one attached hydrogen (secondary N) is 3. The monoisotopic (exact) mass is 593 g/mol. The average Bonchev–Trinajstić information content (AvgIpc) is 2.67. The highest BCUT2D eigenvalue weighted by molar-refractivity contribution is 14.1. The second kappa shape index (κ2) is 9.74. The van der Waals surface area contributed by atoms with Crippen molar-refractivity contribution < 1.29 is 9.90 Å². The molecule has 156 valence electrons. The maximum absolute atomic E-state index is 12.6. The summed E-state index contributed by atoms with van der Waals surface area (Å²) in [6.07, 6.45) is -1.13. The predicted octanol–water partition coefficient (Wildman–Crippen LogP) is 5.56. The normalized spacial score (nSPS) is 12.3. The molecule has 5 nitrogen and oxygen atoms in total. The molecule has 0 radical (unpaired) electrons. The first-order valence-electron chi connectivity index (χ1n) is 8.56. The molecule has 10 heteroatoms. The molecule has 4 N–H and O–H groups in total. The van der Waals surface area contributed by atoms with Gasteiger partial charge in [0.1, 0.15) is 11.9 Å². The molecule has 0 aliphatic rings. The van der Waals surface area contributed by atoms with E-state index in [9.17, 15) is 9.90 Å². The number of aromatic hydroxyl groups is 1. The average molecular weight is 595 g/mol. The van der Waals surface area contributed by atoms with Crippen LogP contribution in [0.4, 0.5) is 5.69 Å². The molecule has 0 spiro atoms. The Balaban J connectivity index is 1.75. The molecule has 0 bridgehead atoms. The Morgan fingerprint density at radius 1 is 1.00 bits per heavy atom. The van der Waals surface area contributed by atoms with Crippen molar-refractivity contribution in [1.82, 2.24) is 10.6 Å². The number of rotatable bonds is 4. The third kappa shape index (κ3) is 5.79. The van der Waals surface area contributed by atoms with Crippen LogP contribution in [0.1, 0.15) is 10.4 Å². The minimum absolute atomic E-state index is 0.00570. The number of hydrogen-bond acceptors (Lipinski definition) is 3. The fourth-order valence-corrected chi connectivity index (χ4v) is 3.86. The molecule has 3 aromatic rings. The van der Waals surface area contributed by atoms with Gasteiger partial charge in [0.25, 0.3) is 5.91 Å². The molecule has 0 aliphatic carbocycles. The Hall–Kier alpha value is -1.52. The first-order chi connectivity index (χ1) is 14.1. The molecule has 1 amide bonds. The molecule has 1 atom stereocenters. The second-order valence-corrected chi connectivity index (χ2v) is 10.2. The van der Waals surface area contributed by atoms with E-state index in [1.165, 1.54) is 0 Å². The number of anilines is 1. The van der Waals surface area contributed by atoms with E-state index in [1.54, 1.807) is 30.3 Å². The van der Waals surface area contributed by atoms with Crippen molar-refractivity contribution in [3.05, 3.63) is 69.8 Å². The molecule has 0 heterocycles. The third-order valence-electron chi connectivity index (χ3n) is 4.11. The van der Waals surface area contributed by atoms with Crippen LogP contribution in [0.15, 0.2) is 60.7 Å². The van der Waals surface area contributed by atoms with E-state index in [1.807, 2.05) is 52.9 Å². The lowest BCUT2D eigenvalue weighted by Gasteiger charge is -2.28. The molecular weight excluding hydrogens is 580 g/mol. The Morgan fingerprint density at radius 3 is 2.23 bits per heavy atom. The van der Waals surface area contributed by atoms with Gasteiger partial charge in [-0.3, -0.25) is 4.79 Å². The molecular formula is C20H15Cl3IN3O2S. The van der Waals surface area contributed by atoms with Crippen molar-refractivity contribution in [3.63, 3.8) is 0 Å². The second-order valence-electron chi connectivity index (χ2n) is 6.24.